The normalized spacial score (nSPS) is 19.6. The molecule has 0 unspecified atom stereocenters. The van der Waals surface area contributed by atoms with E-state index in [1.54, 1.807) is 24.3 Å². The Bertz CT molecular complexity index is 830. The van der Waals surface area contributed by atoms with Crippen molar-refractivity contribution in [3.05, 3.63) is 35.0 Å². The molecule has 0 aliphatic heterocycles. The molecule has 4 N–H and O–H groups in total. The highest BCUT2D eigenvalue weighted by Crippen LogP contribution is 2.25. The first-order chi connectivity index (χ1) is 13.1. The Balaban J connectivity index is 0.000000345. The molecule has 28 heavy (non-hydrogen) atoms. The van der Waals surface area contributed by atoms with Crippen molar-refractivity contribution < 1.29 is 32.3 Å². The Kier molecular flexibility index (Phi) is 7.31. The summed E-state index contributed by atoms with van der Waals surface area (Å²) in [4.78, 5) is 21.2. The van der Waals surface area contributed by atoms with Gasteiger partial charge in [0.2, 0.25) is 0 Å². The van der Waals surface area contributed by atoms with E-state index >= 15 is 0 Å². The quantitative estimate of drug-likeness (QED) is 0.696. The largest absolute Gasteiger partial charge is 0.490 e. The van der Waals surface area contributed by atoms with Gasteiger partial charge in [0.1, 0.15) is 5.58 Å². The van der Waals surface area contributed by atoms with Crippen LogP contribution in [0.3, 0.4) is 0 Å². The van der Waals surface area contributed by atoms with Gasteiger partial charge in [0.15, 0.2) is 5.76 Å². The molecule has 0 saturated heterocycles. The molecule has 0 radical (unpaired) electrons. The van der Waals surface area contributed by atoms with E-state index in [0.29, 0.717) is 22.3 Å². The molecule has 1 aliphatic rings. The third kappa shape index (κ3) is 6.13. The lowest BCUT2D eigenvalue weighted by Crippen LogP contribution is -2.38. The van der Waals surface area contributed by atoms with Gasteiger partial charge in [-0.15, -0.1) is 0 Å². The second kappa shape index (κ2) is 9.29. The van der Waals surface area contributed by atoms with Crippen molar-refractivity contribution in [1.29, 1.82) is 0 Å². The maximum atomic E-state index is 12.3. The van der Waals surface area contributed by atoms with Crippen LogP contribution in [0.2, 0.25) is 5.02 Å². The van der Waals surface area contributed by atoms with Crippen LogP contribution in [0.4, 0.5) is 13.2 Å². The number of fused-ring (bicyclic) bond motifs is 1. The van der Waals surface area contributed by atoms with Gasteiger partial charge in [-0.05, 0) is 62.4 Å². The number of carbonyl (C=O) groups excluding carboxylic acids is 1. The van der Waals surface area contributed by atoms with E-state index in [1.165, 1.54) is 0 Å². The summed E-state index contributed by atoms with van der Waals surface area (Å²) >= 11 is 5.94. The summed E-state index contributed by atoms with van der Waals surface area (Å²) in [6, 6.07) is 7.28. The van der Waals surface area contributed by atoms with Gasteiger partial charge < -0.3 is 20.6 Å². The van der Waals surface area contributed by atoms with Crippen LogP contribution in [0.1, 0.15) is 36.2 Å². The highest BCUT2D eigenvalue weighted by Gasteiger charge is 2.38. The Labute approximate surface area is 163 Å². The fraction of sp³-hybridized carbons (Fsp3) is 0.444. The molecule has 1 heterocycles. The van der Waals surface area contributed by atoms with Gasteiger partial charge >= 0.3 is 12.1 Å². The molecular formula is C18H20ClF3N2O4. The fourth-order valence-corrected chi connectivity index (χ4v) is 3.11. The summed E-state index contributed by atoms with van der Waals surface area (Å²) in [5.41, 5.74) is 6.36. The van der Waals surface area contributed by atoms with Crippen LogP contribution in [0.15, 0.2) is 28.7 Å². The van der Waals surface area contributed by atoms with Crippen LogP contribution in [0.25, 0.3) is 11.0 Å². The zero-order valence-electron chi connectivity index (χ0n) is 14.8. The zero-order chi connectivity index (χ0) is 20.9. The minimum absolute atomic E-state index is 0.154. The van der Waals surface area contributed by atoms with Crippen molar-refractivity contribution in [2.45, 2.75) is 37.9 Å². The number of nitrogens with one attached hydrogen (secondary N) is 1. The lowest BCUT2D eigenvalue weighted by Gasteiger charge is -2.27. The van der Waals surface area contributed by atoms with Crippen molar-refractivity contribution >= 4 is 34.4 Å². The Morgan fingerprint density at radius 2 is 1.82 bits per heavy atom. The Morgan fingerprint density at radius 1 is 1.21 bits per heavy atom. The highest BCUT2D eigenvalue weighted by molar-refractivity contribution is 6.31. The lowest BCUT2D eigenvalue weighted by molar-refractivity contribution is -0.192. The van der Waals surface area contributed by atoms with Gasteiger partial charge in [-0.2, -0.15) is 13.2 Å². The predicted molar refractivity (Wildman–Crippen MR) is 97.2 cm³/mol. The van der Waals surface area contributed by atoms with Crippen molar-refractivity contribution in [3.63, 3.8) is 0 Å². The van der Waals surface area contributed by atoms with Gasteiger partial charge in [-0.1, -0.05) is 11.6 Å². The number of halogens is 4. The van der Waals surface area contributed by atoms with E-state index in [2.05, 4.69) is 5.32 Å². The molecule has 1 aromatic heterocycles. The summed E-state index contributed by atoms with van der Waals surface area (Å²) in [7, 11) is 0. The maximum Gasteiger partial charge on any atom is 0.490 e. The van der Waals surface area contributed by atoms with E-state index in [1.807, 2.05) is 0 Å². The lowest BCUT2D eigenvalue weighted by atomic mass is 9.86. The van der Waals surface area contributed by atoms with Crippen molar-refractivity contribution in [1.82, 2.24) is 5.32 Å². The predicted octanol–water partition coefficient (Wildman–Crippen LogP) is 3.97. The molecule has 1 fully saturated rings. The Morgan fingerprint density at radius 3 is 2.36 bits per heavy atom. The van der Waals surface area contributed by atoms with Crippen molar-refractivity contribution in [2.75, 3.05) is 6.54 Å². The highest BCUT2D eigenvalue weighted by atomic mass is 35.5. The molecule has 1 aliphatic carbocycles. The maximum absolute atomic E-state index is 12.3. The van der Waals surface area contributed by atoms with Gasteiger partial charge in [0.05, 0.1) is 0 Å². The van der Waals surface area contributed by atoms with Gasteiger partial charge in [0.25, 0.3) is 5.91 Å². The number of furan rings is 1. The molecule has 0 spiro atoms. The molecule has 6 nitrogen and oxygen atoms in total. The second-order valence-corrected chi connectivity index (χ2v) is 6.96. The van der Waals surface area contributed by atoms with E-state index < -0.39 is 12.1 Å². The summed E-state index contributed by atoms with van der Waals surface area (Å²) in [5.74, 6) is -1.97. The van der Waals surface area contributed by atoms with Gasteiger partial charge in [0, 0.05) is 16.5 Å². The molecule has 2 aromatic rings. The van der Waals surface area contributed by atoms with Gasteiger partial charge in [-0.25, -0.2) is 4.79 Å². The average Bonchev–Trinajstić information content (AvgIpc) is 3.05. The number of alkyl halides is 3. The van der Waals surface area contributed by atoms with Crippen LogP contribution in [0.5, 0.6) is 0 Å². The fourth-order valence-electron chi connectivity index (χ4n) is 2.93. The van der Waals surface area contributed by atoms with Gasteiger partial charge in [-0.3, -0.25) is 4.79 Å². The number of rotatable bonds is 3. The first-order valence-electron chi connectivity index (χ1n) is 8.60. The van der Waals surface area contributed by atoms with Crippen LogP contribution in [-0.2, 0) is 4.79 Å². The second-order valence-electron chi connectivity index (χ2n) is 6.52. The van der Waals surface area contributed by atoms with Crippen LogP contribution >= 0.6 is 11.6 Å². The number of hydrogen-bond acceptors (Lipinski definition) is 4. The molecule has 0 atom stereocenters. The molecule has 1 saturated carbocycles. The number of hydrogen-bond donors (Lipinski definition) is 3. The standard InChI is InChI=1S/C16H19ClN2O2.C2HF3O2/c17-12-3-6-14-11(7-12)8-15(21-14)16(20)19-13-4-1-10(9-18)2-5-13;3-2(4,5)1(6)7/h3,6-8,10,13H,1-2,4-5,9,18H2,(H,19,20);(H,6,7). The third-order valence-corrected chi connectivity index (χ3v) is 4.70. The average molecular weight is 421 g/mol. The number of aliphatic carboxylic acids is 1. The van der Waals surface area contributed by atoms with E-state index in [-0.39, 0.29) is 11.9 Å². The summed E-state index contributed by atoms with van der Waals surface area (Å²) in [5, 5.41) is 11.7. The SMILES string of the molecule is NCC1CCC(NC(=O)c2cc3cc(Cl)ccc3o2)CC1.O=C(O)C(F)(F)F. The van der Waals surface area contributed by atoms with E-state index in [4.69, 9.17) is 31.7 Å². The zero-order valence-corrected chi connectivity index (χ0v) is 15.5. The minimum atomic E-state index is -5.08. The number of carbonyl (C=O) groups is 2. The van der Waals surface area contributed by atoms with Crippen LogP contribution < -0.4 is 11.1 Å². The monoisotopic (exact) mass is 420 g/mol. The van der Waals surface area contributed by atoms with Crippen LogP contribution in [0, 0.1) is 5.92 Å². The van der Waals surface area contributed by atoms with Crippen molar-refractivity contribution in [2.24, 2.45) is 11.7 Å². The van der Waals surface area contributed by atoms with E-state index in [0.717, 1.165) is 37.6 Å². The number of nitrogens with two attached hydrogens (primary N) is 1. The first kappa shape index (κ1) is 22.0. The number of benzene rings is 1. The molecule has 0 bridgehead atoms. The molecule has 3 rings (SSSR count). The summed E-state index contributed by atoms with van der Waals surface area (Å²) in [6.07, 6.45) is -0.951. The third-order valence-electron chi connectivity index (χ3n) is 4.46. The van der Waals surface area contributed by atoms with E-state index in [9.17, 15) is 18.0 Å². The smallest absolute Gasteiger partial charge is 0.475 e. The number of carboxylic acid groups (broad SMARTS) is 1. The number of amides is 1. The molecule has 154 valence electrons. The van der Waals surface area contributed by atoms with Crippen molar-refractivity contribution in [3.8, 4) is 0 Å². The molecule has 10 heteroatoms. The number of carboxylic acids is 1. The summed E-state index contributed by atoms with van der Waals surface area (Å²) in [6.45, 7) is 0.741. The summed E-state index contributed by atoms with van der Waals surface area (Å²) < 4.78 is 37.3. The topological polar surface area (TPSA) is 106 Å². The Hall–Kier alpha value is -2.26. The van der Waals surface area contributed by atoms with Crippen LogP contribution in [-0.4, -0.2) is 35.7 Å². The molecule has 1 aromatic carbocycles. The first-order valence-corrected chi connectivity index (χ1v) is 8.98. The molecule has 1 amide bonds. The molecular weight excluding hydrogens is 401 g/mol. The minimum Gasteiger partial charge on any atom is -0.475 e.